The fourth-order valence-electron chi connectivity index (χ4n) is 2.84. The van der Waals surface area contributed by atoms with Crippen molar-refractivity contribution in [2.45, 2.75) is 13.5 Å². The van der Waals surface area contributed by atoms with Crippen molar-refractivity contribution in [3.63, 3.8) is 0 Å². The smallest absolute Gasteiger partial charge is 0.337 e. The van der Waals surface area contributed by atoms with E-state index in [-0.39, 0.29) is 12.5 Å². The zero-order valence-electron chi connectivity index (χ0n) is 17.1. The van der Waals surface area contributed by atoms with E-state index in [4.69, 9.17) is 9.47 Å². The van der Waals surface area contributed by atoms with E-state index in [1.54, 1.807) is 49.6 Å². The van der Waals surface area contributed by atoms with E-state index in [0.29, 0.717) is 22.6 Å². The summed E-state index contributed by atoms with van der Waals surface area (Å²) in [6.07, 6.45) is 0. The van der Waals surface area contributed by atoms with Crippen molar-refractivity contribution in [1.82, 2.24) is 0 Å². The summed E-state index contributed by atoms with van der Waals surface area (Å²) in [6, 6.07) is 19.4. The van der Waals surface area contributed by atoms with E-state index in [1.165, 1.54) is 7.11 Å². The number of carbonyl (C=O) groups is 2. The number of ether oxygens (including phenoxy) is 3. The first kappa shape index (κ1) is 20.9. The van der Waals surface area contributed by atoms with E-state index in [9.17, 15) is 9.59 Å². The molecule has 0 spiro atoms. The lowest BCUT2D eigenvalue weighted by Crippen LogP contribution is -2.13. The van der Waals surface area contributed by atoms with E-state index < -0.39 is 5.97 Å². The molecule has 154 valence electrons. The summed E-state index contributed by atoms with van der Waals surface area (Å²) in [6.45, 7) is 2.28. The number of rotatable bonds is 7. The minimum Gasteiger partial charge on any atom is -0.496 e. The maximum Gasteiger partial charge on any atom is 0.337 e. The number of anilines is 1. The van der Waals surface area contributed by atoms with Gasteiger partial charge in [0, 0.05) is 16.8 Å². The van der Waals surface area contributed by atoms with Crippen molar-refractivity contribution < 1.29 is 23.8 Å². The van der Waals surface area contributed by atoms with Crippen molar-refractivity contribution in [2.75, 3.05) is 19.5 Å². The normalized spacial score (nSPS) is 10.2. The van der Waals surface area contributed by atoms with Gasteiger partial charge in [0.25, 0.3) is 5.91 Å². The van der Waals surface area contributed by atoms with Gasteiger partial charge in [-0.25, -0.2) is 4.79 Å². The lowest BCUT2D eigenvalue weighted by Gasteiger charge is -2.13. The lowest BCUT2D eigenvalue weighted by atomic mass is 10.1. The van der Waals surface area contributed by atoms with Gasteiger partial charge in [-0.15, -0.1) is 0 Å². The number of carbonyl (C=O) groups excluding carboxylic acids is 2. The number of hydrogen-bond donors (Lipinski definition) is 1. The summed E-state index contributed by atoms with van der Waals surface area (Å²) in [5.41, 5.74) is 3.36. The van der Waals surface area contributed by atoms with Gasteiger partial charge in [-0.05, 0) is 61.5 Å². The van der Waals surface area contributed by atoms with Crippen LogP contribution in [-0.4, -0.2) is 26.1 Å². The third kappa shape index (κ3) is 5.17. The van der Waals surface area contributed by atoms with Gasteiger partial charge in [0.2, 0.25) is 0 Å². The Hall–Kier alpha value is -3.80. The van der Waals surface area contributed by atoms with Crippen LogP contribution in [0.4, 0.5) is 5.69 Å². The molecule has 0 aromatic heterocycles. The van der Waals surface area contributed by atoms with Gasteiger partial charge in [0.15, 0.2) is 0 Å². The molecule has 1 amide bonds. The molecule has 0 unspecified atom stereocenters. The Labute approximate surface area is 175 Å². The molecular formula is C24H23NO5. The molecule has 30 heavy (non-hydrogen) atoms. The maximum atomic E-state index is 12.7. The monoisotopic (exact) mass is 405 g/mol. The third-order valence-corrected chi connectivity index (χ3v) is 4.52. The largest absolute Gasteiger partial charge is 0.496 e. The molecule has 0 aliphatic rings. The SMILES string of the molecule is COC(=O)c1ccc(NC(=O)c2ccc(OC)c(COc3ccc(C)cc3)c2)cc1. The van der Waals surface area contributed by atoms with Crippen LogP contribution in [0.3, 0.4) is 0 Å². The first-order valence-corrected chi connectivity index (χ1v) is 9.36. The second-order valence-electron chi connectivity index (χ2n) is 6.65. The molecule has 6 heteroatoms. The van der Waals surface area contributed by atoms with Gasteiger partial charge in [-0.3, -0.25) is 4.79 Å². The molecule has 0 radical (unpaired) electrons. The van der Waals surface area contributed by atoms with Crippen molar-refractivity contribution >= 4 is 17.6 Å². The Bertz CT molecular complexity index is 1030. The fourth-order valence-corrected chi connectivity index (χ4v) is 2.84. The standard InChI is InChI=1S/C24H23NO5/c1-16-4-11-21(12-5-16)30-15-19-14-18(8-13-22(19)28-2)23(26)25-20-9-6-17(7-10-20)24(27)29-3/h4-14H,15H2,1-3H3,(H,25,26). The molecule has 3 rings (SSSR count). The van der Waals surface area contributed by atoms with Crippen LogP contribution in [-0.2, 0) is 11.3 Å². The second-order valence-corrected chi connectivity index (χ2v) is 6.65. The molecule has 3 aromatic rings. The molecule has 0 fully saturated rings. The highest BCUT2D eigenvalue weighted by Crippen LogP contribution is 2.23. The molecule has 3 aromatic carbocycles. The van der Waals surface area contributed by atoms with Crippen LogP contribution in [0.15, 0.2) is 66.7 Å². The molecule has 0 aliphatic heterocycles. The minimum atomic E-state index is -0.429. The average Bonchev–Trinajstić information content (AvgIpc) is 2.78. The summed E-state index contributed by atoms with van der Waals surface area (Å²) in [7, 11) is 2.90. The van der Waals surface area contributed by atoms with E-state index >= 15 is 0 Å². The summed E-state index contributed by atoms with van der Waals surface area (Å²) >= 11 is 0. The highest BCUT2D eigenvalue weighted by atomic mass is 16.5. The third-order valence-electron chi connectivity index (χ3n) is 4.52. The summed E-state index contributed by atoms with van der Waals surface area (Å²) in [5, 5.41) is 2.81. The molecule has 1 N–H and O–H groups in total. The van der Waals surface area contributed by atoms with Gasteiger partial charge in [0.1, 0.15) is 18.1 Å². The molecule has 0 heterocycles. The summed E-state index contributed by atoms with van der Waals surface area (Å²) < 4.78 is 15.9. The highest BCUT2D eigenvalue weighted by molar-refractivity contribution is 6.04. The number of benzene rings is 3. The van der Waals surface area contributed by atoms with Crippen LogP contribution in [0.5, 0.6) is 11.5 Å². The van der Waals surface area contributed by atoms with E-state index in [2.05, 4.69) is 10.1 Å². The molecule has 6 nitrogen and oxygen atoms in total. The Kier molecular flexibility index (Phi) is 6.70. The Balaban J connectivity index is 1.72. The number of aryl methyl sites for hydroxylation is 1. The lowest BCUT2D eigenvalue weighted by molar-refractivity contribution is 0.0600. The topological polar surface area (TPSA) is 73.9 Å². The highest BCUT2D eigenvalue weighted by Gasteiger charge is 2.12. The quantitative estimate of drug-likeness (QED) is 0.581. The molecule has 0 atom stereocenters. The first-order chi connectivity index (χ1) is 14.5. The molecular weight excluding hydrogens is 382 g/mol. The van der Waals surface area contributed by atoms with Gasteiger partial charge < -0.3 is 19.5 Å². The Morgan fingerprint density at radius 2 is 1.53 bits per heavy atom. The Morgan fingerprint density at radius 1 is 0.867 bits per heavy atom. The van der Waals surface area contributed by atoms with Crippen LogP contribution in [0.25, 0.3) is 0 Å². The molecule has 0 bridgehead atoms. The Morgan fingerprint density at radius 3 is 2.17 bits per heavy atom. The number of esters is 1. The minimum absolute atomic E-state index is 0.265. The summed E-state index contributed by atoms with van der Waals surface area (Å²) in [4.78, 5) is 24.2. The fraction of sp³-hybridized carbons (Fsp3) is 0.167. The van der Waals surface area contributed by atoms with Crippen LogP contribution in [0.2, 0.25) is 0 Å². The van der Waals surface area contributed by atoms with Crippen molar-refractivity contribution in [3.05, 3.63) is 89.0 Å². The van der Waals surface area contributed by atoms with Crippen LogP contribution in [0.1, 0.15) is 31.8 Å². The van der Waals surface area contributed by atoms with Gasteiger partial charge in [-0.1, -0.05) is 17.7 Å². The first-order valence-electron chi connectivity index (χ1n) is 9.36. The predicted molar refractivity (Wildman–Crippen MR) is 114 cm³/mol. The van der Waals surface area contributed by atoms with E-state index in [0.717, 1.165) is 16.9 Å². The predicted octanol–water partition coefficient (Wildman–Crippen LogP) is 4.62. The number of methoxy groups -OCH3 is 2. The van der Waals surface area contributed by atoms with Crippen molar-refractivity contribution in [1.29, 1.82) is 0 Å². The van der Waals surface area contributed by atoms with Gasteiger partial charge in [-0.2, -0.15) is 0 Å². The van der Waals surface area contributed by atoms with E-state index in [1.807, 2.05) is 31.2 Å². The van der Waals surface area contributed by atoms with Crippen molar-refractivity contribution in [2.24, 2.45) is 0 Å². The summed E-state index contributed by atoms with van der Waals surface area (Å²) in [5.74, 6) is 0.672. The average molecular weight is 405 g/mol. The number of amides is 1. The molecule has 0 aliphatic carbocycles. The van der Waals surface area contributed by atoms with Crippen LogP contribution < -0.4 is 14.8 Å². The van der Waals surface area contributed by atoms with Gasteiger partial charge >= 0.3 is 5.97 Å². The van der Waals surface area contributed by atoms with Crippen LogP contribution in [0, 0.1) is 6.92 Å². The van der Waals surface area contributed by atoms with Crippen molar-refractivity contribution in [3.8, 4) is 11.5 Å². The zero-order chi connectivity index (χ0) is 21.5. The second kappa shape index (κ2) is 9.60. The molecule has 0 saturated heterocycles. The number of nitrogens with one attached hydrogen (secondary N) is 1. The number of hydrogen-bond acceptors (Lipinski definition) is 5. The van der Waals surface area contributed by atoms with Gasteiger partial charge in [0.05, 0.1) is 19.8 Å². The zero-order valence-corrected chi connectivity index (χ0v) is 17.1. The molecule has 0 saturated carbocycles. The maximum absolute atomic E-state index is 12.7. The van der Waals surface area contributed by atoms with Crippen LogP contribution >= 0.6 is 0 Å².